The van der Waals surface area contributed by atoms with Crippen LogP contribution < -0.4 is 10.1 Å². The van der Waals surface area contributed by atoms with E-state index in [1.165, 1.54) is 0 Å². The number of nitrogens with zero attached hydrogens (tertiary/aromatic N) is 1. The zero-order valence-electron chi connectivity index (χ0n) is 10.6. The monoisotopic (exact) mass is 268 g/mol. The number of fused-ring (bicyclic) bond motifs is 1. The first-order valence-electron chi connectivity index (χ1n) is 5.92. The van der Waals surface area contributed by atoms with Crippen molar-refractivity contribution in [3.8, 4) is 5.75 Å². The first kappa shape index (κ1) is 13.2. The lowest BCUT2D eigenvalue weighted by atomic mass is 10.1. The lowest BCUT2D eigenvalue weighted by Crippen LogP contribution is -2.37. The zero-order valence-corrected chi connectivity index (χ0v) is 11.3. The van der Waals surface area contributed by atoms with E-state index in [1.807, 2.05) is 18.2 Å². The molecule has 0 bridgehead atoms. The summed E-state index contributed by atoms with van der Waals surface area (Å²) in [5, 5.41) is 3.84. The largest absolute Gasteiger partial charge is 0.488 e. The summed E-state index contributed by atoms with van der Waals surface area (Å²) in [4.78, 5) is 13.0. The fraction of sp³-hybridized carbons (Fsp3) is 0.462. The molecule has 1 aliphatic rings. The molecule has 0 saturated carbocycles. The van der Waals surface area contributed by atoms with Gasteiger partial charge >= 0.3 is 0 Å². The molecule has 2 rings (SSSR count). The van der Waals surface area contributed by atoms with Gasteiger partial charge in [0, 0.05) is 32.1 Å². The highest BCUT2D eigenvalue weighted by Gasteiger charge is 2.22. The first-order chi connectivity index (χ1) is 8.56. The lowest BCUT2D eigenvalue weighted by Gasteiger charge is -2.14. The molecule has 0 aromatic heterocycles. The number of carbonyl (C=O) groups excluding carboxylic acids is 1. The lowest BCUT2D eigenvalue weighted by molar-refractivity contribution is -0.127. The minimum atomic E-state index is 0.0635. The second kappa shape index (κ2) is 5.59. The Hall–Kier alpha value is -1.26. The molecule has 0 saturated heterocycles. The summed E-state index contributed by atoms with van der Waals surface area (Å²) in [6.07, 6.45) is 0.910. The predicted molar refractivity (Wildman–Crippen MR) is 71.1 cm³/mol. The minimum absolute atomic E-state index is 0.0635. The van der Waals surface area contributed by atoms with Crippen LogP contribution in [0.1, 0.15) is 5.56 Å². The summed E-state index contributed by atoms with van der Waals surface area (Å²) >= 11 is 5.93. The van der Waals surface area contributed by atoms with E-state index < -0.39 is 0 Å². The van der Waals surface area contributed by atoms with Gasteiger partial charge in [-0.2, -0.15) is 0 Å². The van der Waals surface area contributed by atoms with E-state index in [0.717, 1.165) is 22.8 Å². The van der Waals surface area contributed by atoms with Gasteiger partial charge in [0.2, 0.25) is 5.91 Å². The van der Waals surface area contributed by atoms with Gasteiger partial charge in [-0.15, -0.1) is 0 Å². The Bertz CT molecular complexity index is 449. The third kappa shape index (κ3) is 3.15. The fourth-order valence-electron chi connectivity index (χ4n) is 1.90. The van der Waals surface area contributed by atoms with Crippen LogP contribution in [0.5, 0.6) is 5.75 Å². The van der Waals surface area contributed by atoms with Crippen molar-refractivity contribution < 1.29 is 9.53 Å². The minimum Gasteiger partial charge on any atom is -0.488 e. The molecule has 1 unspecified atom stereocenters. The van der Waals surface area contributed by atoms with Crippen LogP contribution in [-0.2, 0) is 11.2 Å². The maximum absolute atomic E-state index is 11.4. The Kier molecular flexibility index (Phi) is 4.09. The van der Waals surface area contributed by atoms with Crippen LogP contribution in [0.2, 0.25) is 5.02 Å². The highest BCUT2D eigenvalue weighted by molar-refractivity contribution is 6.30. The van der Waals surface area contributed by atoms with Gasteiger partial charge in [0.25, 0.3) is 0 Å². The average molecular weight is 269 g/mol. The summed E-state index contributed by atoms with van der Waals surface area (Å²) in [5.74, 6) is 0.957. The predicted octanol–water partition coefficient (Wildman–Crippen LogP) is 1.32. The number of halogens is 1. The molecule has 0 fully saturated rings. The molecule has 1 aromatic carbocycles. The molecule has 1 aromatic rings. The molecule has 18 heavy (non-hydrogen) atoms. The molecular weight excluding hydrogens is 252 g/mol. The summed E-state index contributed by atoms with van der Waals surface area (Å²) in [7, 11) is 3.49. The van der Waals surface area contributed by atoms with Gasteiger partial charge in [0.05, 0.1) is 6.54 Å². The van der Waals surface area contributed by atoms with E-state index in [1.54, 1.807) is 19.0 Å². The molecule has 1 amide bonds. The summed E-state index contributed by atoms with van der Waals surface area (Å²) in [6, 6.07) is 5.65. The Labute approximate surface area is 112 Å². The standard InChI is InChI=1S/C13H17ClN2O2/c1-16(2)13(17)8-15-7-11-6-9-5-10(14)3-4-12(9)18-11/h3-5,11,15H,6-8H2,1-2H3. The molecule has 1 aliphatic heterocycles. The average Bonchev–Trinajstić information content (AvgIpc) is 2.70. The second-order valence-electron chi connectivity index (χ2n) is 4.62. The topological polar surface area (TPSA) is 41.6 Å². The van der Waals surface area contributed by atoms with E-state index in [0.29, 0.717) is 13.1 Å². The van der Waals surface area contributed by atoms with Gasteiger partial charge < -0.3 is 15.0 Å². The molecule has 0 aliphatic carbocycles. The molecule has 98 valence electrons. The number of hydrogen-bond donors (Lipinski definition) is 1. The summed E-state index contributed by atoms with van der Waals surface area (Å²) in [5.41, 5.74) is 1.13. The Morgan fingerprint density at radius 1 is 1.56 bits per heavy atom. The van der Waals surface area contributed by atoms with Crippen LogP contribution in [0, 0.1) is 0 Å². The maximum atomic E-state index is 11.4. The number of amides is 1. The van der Waals surface area contributed by atoms with Gasteiger partial charge in [0.1, 0.15) is 11.9 Å². The van der Waals surface area contributed by atoms with Crippen molar-refractivity contribution in [3.05, 3.63) is 28.8 Å². The molecule has 0 radical (unpaired) electrons. The molecule has 1 heterocycles. The van der Waals surface area contributed by atoms with Gasteiger partial charge in [-0.05, 0) is 23.8 Å². The Morgan fingerprint density at radius 2 is 2.33 bits per heavy atom. The SMILES string of the molecule is CN(C)C(=O)CNCC1Cc2cc(Cl)ccc2O1. The highest BCUT2D eigenvalue weighted by Crippen LogP contribution is 2.30. The molecule has 1 N–H and O–H groups in total. The smallest absolute Gasteiger partial charge is 0.236 e. The highest BCUT2D eigenvalue weighted by atomic mass is 35.5. The van der Waals surface area contributed by atoms with Gasteiger partial charge in [-0.3, -0.25) is 4.79 Å². The molecule has 5 heteroatoms. The summed E-state index contributed by atoms with van der Waals surface area (Å²) in [6.45, 7) is 0.996. The Morgan fingerprint density at radius 3 is 3.06 bits per heavy atom. The van der Waals surface area contributed by atoms with Crippen molar-refractivity contribution in [3.63, 3.8) is 0 Å². The molecular formula is C13H17ClN2O2. The molecule has 1 atom stereocenters. The van der Waals surface area contributed by atoms with Crippen LogP contribution in [-0.4, -0.2) is 44.1 Å². The Balaban J connectivity index is 1.80. The van der Waals surface area contributed by atoms with Crippen molar-refractivity contribution in [2.75, 3.05) is 27.2 Å². The van der Waals surface area contributed by atoms with Gasteiger partial charge in [-0.1, -0.05) is 11.6 Å². The van der Waals surface area contributed by atoms with E-state index in [9.17, 15) is 4.79 Å². The van der Waals surface area contributed by atoms with Crippen LogP contribution in [0.15, 0.2) is 18.2 Å². The van der Waals surface area contributed by atoms with Crippen LogP contribution in [0.3, 0.4) is 0 Å². The summed E-state index contributed by atoms with van der Waals surface area (Å²) < 4.78 is 5.76. The third-order valence-electron chi connectivity index (χ3n) is 2.91. The maximum Gasteiger partial charge on any atom is 0.236 e. The number of hydrogen-bond acceptors (Lipinski definition) is 3. The number of rotatable bonds is 4. The van der Waals surface area contributed by atoms with Crippen molar-refractivity contribution in [2.24, 2.45) is 0 Å². The number of benzene rings is 1. The second-order valence-corrected chi connectivity index (χ2v) is 5.05. The van der Waals surface area contributed by atoms with Crippen LogP contribution >= 0.6 is 11.6 Å². The van der Waals surface area contributed by atoms with Gasteiger partial charge in [0.15, 0.2) is 0 Å². The number of ether oxygens (including phenoxy) is 1. The number of nitrogens with one attached hydrogen (secondary N) is 1. The van der Waals surface area contributed by atoms with Crippen molar-refractivity contribution in [2.45, 2.75) is 12.5 Å². The quantitative estimate of drug-likeness (QED) is 0.896. The van der Waals surface area contributed by atoms with E-state index in [-0.39, 0.29) is 12.0 Å². The van der Waals surface area contributed by atoms with Crippen molar-refractivity contribution in [1.29, 1.82) is 0 Å². The molecule has 4 nitrogen and oxygen atoms in total. The van der Waals surface area contributed by atoms with E-state index in [2.05, 4.69) is 5.32 Å². The normalized spacial score (nSPS) is 17.2. The first-order valence-corrected chi connectivity index (χ1v) is 6.30. The van der Waals surface area contributed by atoms with Crippen molar-refractivity contribution >= 4 is 17.5 Å². The number of likely N-dealkylation sites (N-methyl/N-ethyl adjacent to an activating group) is 1. The van der Waals surface area contributed by atoms with Crippen molar-refractivity contribution in [1.82, 2.24) is 10.2 Å². The van der Waals surface area contributed by atoms with Crippen LogP contribution in [0.25, 0.3) is 0 Å². The number of carbonyl (C=O) groups is 1. The molecule has 0 spiro atoms. The fourth-order valence-corrected chi connectivity index (χ4v) is 2.10. The van der Waals surface area contributed by atoms with Gasteiger partial charge in [-0.25, -0.2) is 0 Å². The van der Waals surface area contributed by atoms with E-state index >= 15 is 0 Å². The third-order valence-corrected chi connectivity index (χ3v) is 3.15. The van der Waals surface area contributed by atoms with E-state index in [4.69, 9.17) is 16.3 Å². The zero-order chi connectivity index (χ0) is 13.1. The van der Waals surface area contributed by atoms with Crippen LogP contribution in [0.4, 0.5) is 0 Å².